The predicted molar refractivity (Wildman–Crippen MR) is 89.6 cm³/mol. The molecule has 21 heavy (non-hydrogen) atoms. The molecule has 2 rings (SSSR count). The van der Waals surface area contributed by atoms with Crippen molar-refractivity contribution in [1.82, 2.24) is 10.2 Å². The molecule has 3 unspecified atom stereocenters. The first kappa shape index (κ1) is 17.2. The third kappa shape index (κ3) is 4.20. The van der Waals surface area contributed by atoms with Gasteiger partial charge < -0.3 is 10.1 Å². The van der Waals surface area contributed by atoms with E-state index < -0.39 is 0 Å². The topological polar surface area (TPSA) is 24.5 Å². The van der Waals surface area contributed by atoms with Crippen LogP contribution in [0.4, 0.5) is 0 Å². The zero-order valence-electron chi connectivity index (χ0n) is 14.8. The largest absolute Gasteiger partial charge is 0.379 e. The second-order valence-electron chi connectivity index (χ2n) is 7.97. The number of ether oxygens (including phenoxy) is 1. The molecule has 3 atom stereocenters. The fourth-order valence-corrected chi connectivity index (χ4v) is 4.83. The Balaban J connectivity index is 2.12. The second-order valence-corrected chi connectivity index (χ2v) is 7.97. The van der Waals surface area contributed by atoms with E-state index in [1.54, 1.807) is 0 Å². The van der Waals surface area contributed by atoms with Crippen LogP contribution in [0.1, 0.15) is 53.9 Å². The van der Waals surface area contributed by atoms with Crippen LogP contribution in [0, 0.1) is 17.8 Å². The summed E-state index contributed by atoms with van der Waals surface area (Å²) in [7, 11) is 0. The number of nitrogens with zero attached hydrogens (tertiary/aromatic N) is 1. The SMILES string of the molecule is CCNC(C1CC(C)CC(C)C1)C(C)(C)N1CCOCC1. The van der Waals surface area contributed by atoms with Crippen LogP contribution in [0.3, 0.4) is 0 Å². The lowest BCUT2D eigenvalue weighted by Gasteiger charge is -2.50. The van der Waals surface area contributed by atoms with E-state index in [2.05, 4.69) is 44.8 Å². The van der Waals surface area contributed by atoms with Gasteiger partial charge in [0.2, 0.25) is 0 Å². The molecule has 124 valence electrons. The molecule has 0 amide bonds. The Morgan fingerprint density at radius 2 is 1.67 bits per heavy atom. The van der Waals surface area contributed by atoms with Gasteiger partial charge in [-0.15, -0.1) is 0 Å². The molecule has 1 saturated carbocycles. The number of hydrogen-bond acceptors (Lipinski definition) is 3. The van der Waals surface area contributed by atoms with Gasteiger partial charge >= 0.3 is 0 Å². The first-order valence-electron chi connectivity index (χ1n) is 9.01. The molecule has 1 saturated heterocycles. The highest BCUT2D eigenvalue weighted by Gasteiger charge is 2.42. The smallest absolute Gasteiger partial charge is 0.0594 e. The Labute approximate surface area is 131 Å². The minimum atomic E-state index is 0.210. The minimum absolute atomic E-state index is 0.210. The molecule has 1 N–H and O–H groups in total. The summed E-state index contributed by atoms with van der Waals surface area (Å²) in [5, 5.41) is 3.85. The van der Waals surface area contributed by atoms with E-state index in [0.717, 1.165) is 50.6 Å². The molecule has 0 spiro atoms. The number of hydrogen-bond donors (Lipinski definition) is 1. The number of nitrogens with one attached hydrogen (secondary N) is 1. The molecule has 0 bridgehead atoms. The van der Waals surface area contributed by atoms with Crippen molar-refractivity contribution in [3.63, 3.8) is 0 Å². The van der Waals surface area contributed by atoms with Crippen LogP contribution in [-0.2, 0) is 4.74 Å². The van der Waals surface area contributed by atoms with Crippen LogP contribution in [0.15, 0.2) is 0 Å². The van der Waals surface area contributed by atoms with Crippen LogP contribution in [0.25, 0.3) is 0 Å². The van der Waals surface area contributed by atoms with Crippen LogP contribution in [0.2, 0.25) is 0 Å². The molecule has 2 fully saturated rings. The van der Waals surface area contributed by atoms with Crippen molar-refractivity contribution in [2.75, 3.05) is 32.8 Å². The van der Waals surface area contributed by atoms with Crippen molar-refractivity contribution in [2.45, 2.75) is 65.5 Å². The van der Waals surface area contributed by atoms with Gasteiger partial charge in [0.15, 0.2) is 0 Å². The Bertz CT molecular complexity index is 302. The average molecular weight is 296 g/mol. The summed E-state index contributed by atoms with van der Waals surface area (Å²) in [4.78, 5) is 2.65. The summed E-state index contributed by atoms with van der Waals surface area (Å²) in [6.07, 6.45) is 4.18. The van der Waals surface area contributed by atoms with Gasteiger partial charge in [-0.05, 0) is 57.4 Å². The molecule has 0 aromatic carbocycles. The van der Waals surface area contributed by atoms with Crippen molar-refractivity contribution < 1.29 is 4.74 Å². The van der Waals surface area contributed by atoms with Crippen molar-refractivity contribution in [3.8, 4) is 0 Å². The highest BCUT2D eigenvalue weighted by Crippen LogP contribution is 2.38. The van der Waals surface area contributed by atoms with Gasteiger partial charge in [-0.3, -0.25) is 4.90 Å². The van der Waals surface area contributed by atoms with Crippen molar-refractivity contribution in [1.29, 1.82) is 0 Å². The van der Waals surface area contributed by atoms with E-state index in [1.165, 1.54) is 19.3 Å². The van der Waals surface area contributed by atoms with Crippen molar-refractivity contribution in [3.05, 3.63) is 0 Å². The Hall–Kier alpha value is -0.120. The first-order chi connectivity index (χ1) is 9.95. The molecule has 1 aliphatic carbocycles. The van der Waals surface area contributed by atoms with Gasteiger partial charge in [0, 0.05) is 24.7 Å². The van der Waals surface area contributed by atoms with Gasteiger partial charge in [0.1, 0.15) is 0 Å². The molecular formula is C18H36N2O. The third-order valence-corrected chi connectivity index (χ3v) is 5.70. The first-order valence-corrected chi connectivity index (χ1v) is 9.01. The van der Waals surface area contributed by atoms with Crippen LogP contribution < -0.4 is 5.32 Å². The predicted octanol–water partition coefficient (Wildman–Crippen LogP) is 3.15. The number of rotatable bonds is 5. The summed E-state index contributed by atoms with van der Waals surface area (Å²) in [5.41, 5.74) is 0.210. The fourth-order valence-electron chi connectivity index (χ4n) is 4.83. The summed E-state index contributed by atoms with van der Waals surface area (Å²) < 4.78 is 5.55. The quantitative estimate of drug-likeness (QED) is 0.843. The fraction of sp³-hybridized carbons (Fsp3) is 1.00. The minimum Gasteiger partial charge on any atom is -0.379 e. The van der Waals surface area contributed by atoms with Gasteiger partial charge in [0.25, 0.3) is 0 Å². The van der Waals surface area contributed by atoms with Crippen LogP contribution >= 0.6 is 0 Å². The Kier molecular flexibility index (Phi) is 6.10. The van der Waals surface area contributed by atoms with E-state index in [1.807, 2.05) is 0 Å². The highest BCUT2D eigenvalue weighted by atomic mass is 16.5. The normalized spacial score (nSPS) is 33.9. The molecule has 0 aromatic rings. The maximum Gasteiger partial charge on any atom is 0.0594 e. The summed E-state index contributed by atoms with van der Waals surface area (Å²) in [6, 6.07) is 0.589. The van der Waals surface area contributed by atoms with Crippen molar-refractivity contribution in [2.24, 2.45) is 17.8 Å². The van der Waals surface area contributed by atoms with Gasteiger partial charge in [0.05, 0.1) is 13.2 Å². The van der Waals surface area contributed by atoms with Gasteiger partial charge in [-0.25, -0.2) is 0 Å². The molecule has 3 heteroatoms. The van der Waals surface area contributed by atoms with E-state index in [0.29, 0.717) is 6.04 Å². The standard InChI is InChI=1S/C18H36N2O/c1-6-19-17(16-12-14(2)11-15(3)13-16)18(4,5)20-7-9-21-10-8-20/h14-17,19H,6-13H2,1-5H3. The van der Waals surface area contributed by atoms with Crippen molar-refractivity contribution >= 4 is 0 Å². The molecule has 0 radical (unpaired) electrons. The zero-order valence-corrected chi connectivity index (χ0v) is 14.8. The lowest BCUT2D eigenvalue weighted by atomic mass is 9.69. The summed E-state index contributed by atoms with van der Waals surface area (Å²) in [6.45, 7) is 17.0. The Morgan fingerprint density at radius 3 is 2.19 bits per heavy atom. The molecular weight excluding hydrogens is 260 g/mol. The van der Waals surface area contributed by atoms with Gasteiger partial charge in [-0.2, -0.15) is 0 Å². The molecule has 2 aliphatic rings. The van der Waals surface area contributed by atoms with Crippen LogP contribution in [-0.4, -0.2) is 49.3 Å². The monoisotopic (exact) mass is 296 g/mol. The van der Waals surface area contributed by atoms with E-state index in [4.69, 9.17) is 4.74 Å². The van der Waals surface area contributed by atoms with E-state index >= 15 is 0 Å². The van der Waals surface area contributed by atoms with E-state index in [-0.39, 0.29) is 5.54 Å². The molecule has 0 aromatic heterocycles. The molecule has 1 aliphatic heterocycles. The zero-order chi connectivity index (χ0) is 15.5. The van der Waals surface area contributed by atoms with E-state index in [9.17, 15) is 0 Å². The van der Waals surface area contributed by atoms with Gasteiger partial charge in [-0.1, -0.05) is 20.8 Å². The molecule has 1 heterocycles. The molecule has 3 nitrogen and oxygen atoms in total. The highest BCUT2D eigenvalue weighted by molar-refractivity contribution is 4.99. The maximum absolute atomic E-state index is 5.55. The third-order valence-electron chi connectivity index (χ3n) is 5.70. The average Bonchev–Trinajstić information content (AvgIpc) is 2.44. The lowest BCUT2D eigenvalue weighted by Crippen LogP contribution is -2.63. The number of likely N-dealkylation sites (N-methyl/N-ethyl adjacent to an activating group) is 1. The van der Waals surface area contributed by atoms with Crippen LogP contribution in [0.5, 0.6) is 0 Å². The second kappa shape index (κ2) is 7.43. The number of morpholine rings is 1. The lowest BCUT2D eigenvalue weighted by molar-refractivity contribution is -0.0375. The summed E-state index contributed by atoms with van der Waals surface area (Å²) in [5.74, 6) is 2.56. The summed E-state index contributed by atoms with van der Waals surface area (Å²) >= 11 is 0. The maximum atomic E-state index is 5.55. The Morgan fingerprint density at radius 1 is 1.10 bits per heavy atom.